The molecular weight excluding hydrogens is 303 g/mol. The van der Waals surface area contributed by atoms with Crippen molar-refractivity contribution in [1.29, 1.82) is 0 Å². The molecule has 1 heterocycles. The van der Waals surface area contributed by atoms with Crippen molar-refractivity contribution in [3.05, 3.63) is 28.0 Å². The fourth-order valence-corrected chi connectivity index (χ4v) is 2.42. The highest BCUT2D eigenvalue weighted by Crippen LogP contribution is 2.29. The first-order valence-corrected chi connectivity index (χ1v) is 6.26. The van der Waals surface area contributed by atoms with Gasteiger partial charge in [-0.25, -0.2) is 4.39 Å². The average molecular weight is 315 g/mol. The first-order valence-electron chi connectivity index (χ1n) is 5.47. The van der Waals surface area contributed by atoms with Crippen LogP contribution in [0.1, 0.15) is 12.5 Å². The Morgan fingerprint density at radius 1 is 1.44 bits per heavy atom. The molecule has 0 aliphatic carbocycles. The Bertz CT molecular complexity index is 533. The Morgan fingerprint density at radius 2 is 2.11 bits per heavy atom. The number of carbonyl (C=O) groups is 2. The van der Waals surface area contributed by atoms with Gasteiger partial charge in [0.25, 0.3) is 0 Å². The zero-order valence-electron chi connectivity index (χ0n) is 9.96. The molecule has 0 saturated carbocycles. The number of nitrogens with zero attached hydrogens (tertiary/aromatic N) is 1. The number of piperazine rings is 1. The number of carbonyl (C=O) groups excluding carboxylic acids is 2. The van der Waals surface area contributed by atoms with Crippen molar-refractivity contribution in [2.45, 2.75) is 19.9 Å². The Hall–Kier alpha value is -1.43. The van der Waals surface area contributed by atoms with Gasteiger partial charge < -0.3 is 5.32 Å². The number of anilines is 1. The molecule has 0 bridgehead atoms. The Labute approximate surface area is 112 Å². The number of nitrogens with one attached hydrogen (secondary N) is 1. The first-order chi connectivity index (χ1) is 8.41. The topological polar surface area (TPSA) is 49.4 Å². The van der Waals surface area contributed by atoms with E-state index in [4.69, 9.17) is 0 Å². The summed E-state index contributed by atoms with van der Waals surface area (Å²) in [6, 6.07) is 2.23. The molecule has 1 aromatic carbocycles. The van der Waals surface area contributed by atoms with Crippen LogP contribution in [0.4, 0.5) is 10.1 Å². The lowest BCUT2D eigenvalue weighted by molar-refractivity contribution is -0.130. The number of aryl methyl sites for hydroxylation is 1. The van der Waals surface area contributed by atoms with Crippen LogP contribution in [0, 0.1) is 12.7 Å². The van der Waals surface area contributed by atoms with Gasteiger partial charge in [0.05, 0.1) is 16.7 Å². The molecule has 6 heteroatoms. The van der Waals surface area contributed by atoms with Crippen LogP contribution in [0.3, 0.4) is 0 Å². The summed E-state index contributed by atoms with van der Waals surface area (Å²) < 4.78 is 13.9. The van der Waals surface area contributed by atoms with E-state index in [-0.39, 0.29) is 18.4 Å². The number of hydrogen-bond donors (Lipinski definition) is 1. The third kappa shape index (κ3) is 2.12. The third-order valence-electron chi connectivity index (χ3n) is 2.95. The molecule has 1 N–H and O–H groups in total. The predicted molar refractivity (Wildman–Crippen MR) is 68.8 cm³/mol. The van der Waals surface area contributed by atoms with Crippen LogP contribution in [0.25, 0.3) is 0 Å². The maximum Gasteiger partial charge on any atom is 0.247 e. The van der Waals surface area contributed by atoms with Gasteiger partial charge in [-0.3, -0.25) is 14.5 Å². The monoisotopic (exact) mass is 314 g/mol. The minimum atomic E-state index is -0.634. The standard InChI is InChI=1S/C12H12BrFN2O2/c1-6-3-8(13)9(14)4-10(6)16-7(2)12(18)15-5-11(16)17/h3-4,7H,5H2,1-2H3,(H,15,18). The Morgan fingerprint density at radius 3 is 2.78 bits per heavy atom. The van der Waals surface area contributed by atoms with Crippen LogP contribution in [0.5, 0.6) is 0 Å². The molecule has 0 radical (unpaired) electrons. The molecule has 2 amide bonds. The highest BCUT2D eigenvalue weighted by Gasteiger charge is 2.33. The lowest BCUT2D eigenvalue weighted by atomic mass is 10.1. The van der Waals surface area contributed by atoms with Crippen LogP contribution in [-0.2, 0) is 9.59 Å². The minimum Gasteiger partial charge on any atom is -0.345 e. The van der Waals surface area contributed by atoms with Crippen LogP contribution >= 0.6 is 15.9 Å². The SMILES string of the molecule is Cc1cc(Br)c(F)cc1N1C(=O)CNC(=O)C1C. The molecule has 1 aromatic rings. The van der Waals surface area contributed by atoms with E-state index in [2.05, 4.69) is 21.2 Å². The van der Waals surface area contributed by atoms with Crippen LogP contribution in [-0.4, -0.2) is 24.4 Å². The van der Waals surface area contributed by atoms with Crippen LogP contribution in [0.2, 0.25) is 0 Å². The molecule has 18 heavy (non-hydrogen) atoms. The summed E-state index contributed by atoms with van der Waals surface area (Å²) in [4.78, 5) is 24.8. The summed E-state index contributed by atoms with van der Waals surface area (Å²) in [5.41, 5.74) is 1.17. The van der Waals surface area contributed by atoms with Crippen molar-refractivity contribution in [3.8, 4) is 0 Å². The second kappa shape index (κ2) is 4.68. The van der Waals surface area contributed by atoms with Crippen molar-refractivity contribution >= 4 is 33.4 Å². The average Bonchev–Trinajstić information content (AvgIpc) is 2.31. The van der Waals surface area contributed by atoms with Crippen molar-refractivity contribution in [3.63, 3.8) is 0 Å². The lowest BCUT2D eigenvalue weighted by Crippen LogP contribution is -2.57. The smallest absolute Gasteiger partial charge is 0.247 e. The summed E-state index contributed by atoms with van der Waals surface area (Å²) in [5.74, 6) is -0.939. The minimum absolute atomic E-state index is 0.0553. The lowest BCUT2D eigenvalue weighted by Gasteiger charge is -2.33. The predicted octanol–water partition coefficient (Wildman–Crippen LogP) is 1.75. The second-order valence-corrected chi connectivity index (χ2v) is 5.06. The molecule has 1 aliphatic rings. The van der Waals surface area contributed by atoms with E-state index in [1.807, 2.05) is 0 Å². The van der Waals surface area contributed by atoms with E-state index in [1.54, 1.807) is 19.9 Å². The molecule has 4 nitrogen and oxygen atoms in total. The molecule has 1 fully saturated rings. The van der Waals surface area contributed by atoms with Gasteiger partial charge in [0.2, 0.25) is 11.8 Å². The van der Waals surface area contributed by atoms with E-state index in [0.29, 0.717) is 10.2 Å². The first kappa shape index (κ1) is 13.0. The van der Waals surface area contributed by atoms with Crippen molar-refractivity contribution in [2.75, 3.05) is 11.4 Å². The molecule has 1 aliphatic heterocycles. The quantitative estimate of drug-likeness (QED) is 0.858. The number of benzene rings is 1. The van der Waals surface area contributed by atoms with Gasteiger partial charge in [-0.1, -0.05) is 0 Å². The second-order valence-electron chi connectivity index (χ2n) is 4.21. The van der Waals surface area contributed by atoms with Crippen molar-refractivity contribution in [1.82, 2.24) is 5.32 Å². The molecule has 1 unspecified atom stereocenters. The van der Waals surface area contributed by atoms with Crippen LogP contribution < -0.4 is 10.2 Å². The summed E-state index contributed by atoms with van der Waals surface area (Å²) in [6.07, 6.45) is 0. The van der Waals surface area contributed by atoms with Gasteiger partial charge in [0.1, 0.15) is 11.9 Å². The molecule has 2 rings (SSSR count). The van der Waals surface area contributed by atoms with Crippen molar-refractivity contribution in [2.24, 2.45) is 0 Å². The van der Waals surface area contributed by atoms with Crippen molar-refractivity contribution < 1.29 is 14.0 Å². The summed E-state index contributed by atoms with van der Waals surface area (Å²) in [6.45, 7) is 3.33. The van der Waals surface area contributed by atoms with E-state index in [1.165, 1.54) is 11.0 Å². The summed E-state index contributed by atoms with van der Waals surface area (Å²) >= 11 is 3.09. The third-order valence-corrected chi connectivity index (χ3v) is 3.56. The Balaban J connectivity index is 2.49. The maximum absolute atomic E-state index is 13.6. The summed E-state index contributed by atoms with van der Waals surface area (Å²) in [5, 5.41) is 2.49. The molecule has 0 aromatic heterocycles. The number of halogens is 2. The number of hydrogen-bond acceptors (Lipinski definition) is 2. The van der Waals surface area contributed by atoms with Gasteiger partial charge >= 0.3 is 0 Å². The van der Waals surface area contributed by atoms with E-state index < -0.39 is 11.9 Å². The largest absolute Gasteiger partial charge is 0.345 e. The van der Waals surface area contributed by atoms with E-state index >= 15 is 0 Å². The van der Waals surface area contributed by atoms with E-state index in [0.717, 1.165) is 5.56 Å². The summed E-state index contributed by atoms with van der Waals surface area (Å²) in [7, 11) is 0. The fourth-order valence-electron chi connectivity index (χ4n) is 1.97. The number of rotatable bonds is 1. The molecule has 1 atom stereocenters. The molecule has 1 saturated heterocycles. The fraction of sp³-hybridized carbons (Fsp3) is 0.333. The van der Waals surface area contributed by atoms with Gasteiger partial charge in [0, 0.05) is 0 Å². The zero-order valence-corrected chi connectivity index (χ0v) is 11.5. The molecule has 96 valence electrons. The Kier molecular flexibility index (Phi) is 3.38. The van der Waals surface area contributed by atoms with Gasteiger partial charge in [0.15, 0.2) is 0 Å². The van der Waals surface area contributed by atoms with Gasteiger partial charge in [-0.15, -0.1) is 0 Å². The maximum atomic E-state index is 13.6. The molecular formula is C12H12BrFN2O2. The zero-order chi connectivity index (χ0) is 13.4. The number of amides is 2. The normalized spacial score (nSPS) is 20.0. The highest BCUT2D eigenvalue weighted by atomic mass is 79.9. The van der Waals surface area contributed by atoms with Crippen LogP contribution in [0.15, 0.2) is 16.6 Å². The highest BCUT2D eigenvalue weighted by molar-refractivity contribution is 9.10. The van der Waals surface area contributed by atoms with Gasteiger partial charge in [-0.05, 0) is 47.5 Å². The van der Waals surface area contributed by atoms with Gasteiger partial charge in [-0.2, -0.15) is 0 Å². The molecule has 0 spiro atoms. The van der Waals surface area contributed by atoms with E-state index in [9.17, 15) is 14.0 Å².